The van der Waals surface area contributed by atoms with E-state index in [0.29, 0.717) is 22.1 Å². The van der Waals surface area contributed by atoms with Crippen molar-refractivity contribution in [3.8, 4) is 0 Å². The number of rotatable bonds is 2. The predicted octanol–water partition coefficient (Wildman–Crippen LogP) is 2.94. The van der Waals surface area contributed by atoms with Crippen LogP contribution in [-0.2, 0) is 0 Å². The zero-order valence-corrected chi connectivity index (χ0v) is 10.6. The van der Waals surface area contributed by atoms with E-state index in [2.05, 4.69) is 9.69 Å². The van der Waals surface area contributed by atoms with Crippen LogP contribution in [0.15, 0.2) is 24.3 Å². The highest BCUT2D eigenvalue weighted by atomic mass is 35.5. The van der Waals surface area contributed by atoms with Crippen LogP contribution in [0, 0.1) is 6.92 Å². The molecule has 2 rings (SSSR count). The average molecular weight is 268 g/mol. The van der Waals surface area contributed by atoms with Crippen LogP contribution < -0.4 is 11.1 Å². The zero-order chi connectivity index (χ0) is 12.4. The standard InChI is InChI=1S/C11H10ClN3OS/c1-6-4-10(15-17-6)11(16)14-9-3-2-7(13)5-8(9)12/h2-5H,13H2,1H3,(H,14,16). The van der Waals surface area contributed by atoms with Crippen LogP contribution in [0.1, 0.15) is 15.4 Å². The molecule has 0 radical (unpaired) electrons. The lowest BCUT2D eigenvalue weighted by molar-refractivity contribution is 0.102. The van der Waals surface area contributed by atoms with Gasteiger partial charge < -0.3 is 11.1 Å². The summed E-state index contributed by atoms with van der Waals surface area (Å²) in [7, 11) is 0. The van der Waals surface area contributed by atoms with Gasteiger partial charge in [0.25, 0.3) is 5.91 Å². The Morgan fingerprint density at radius 2 is 2.24 bits per heavy atom. The number of aromatic nitrogens is 1. The summed E-state index contributed by atoms with van der Waals surface area (Å²) in [5.41, 5.74) is 7.03. The van der Waals surface area contributed by atoms with Gasteiger partial charge in [-0.2, -0.15) is 4.37 Å². The number of carbonyl (C=O) groups is 1. The molecule has 0 fully saturated rings. The molecule has 1 aromatic carbocycles. The number of nitrogens with two attached hydrogens (primary N) is 1. The Balaban J connectivity index is 2.18. The number of nitrogens with zero attached hydrogens (tertiary/aromatic N) is 1. The first kappa shape index (κ1) is 11.9. The number of nitrogen functional groups attached to an aromatic ring is 1. The van der Waals surface area contributed by atoms with Gasteiger partial charge >= 0.3 is 0 Å². The summed E-state index contributed by atoms with van der Waals surface area (Å²) >= 11 is 7.24. The Labute approximate surface area is 108 Å². The van der Waals surface area contributed by atoms with Gasteiger partial charge in [-0.05, 0) is 42.7 Å². The van der Waals surface area contributed by atoms with E-state index < -0.39 is 0 Å². The van der Waals surface area contributed by atoms with E-state index in [4.69, 9.17) is 17.3 Å². The maximum Gasteiger partial charge on any atom is 0.275 e. The maximum atomic E-state index is 11.8. The number of amides is 1. The van der Waals surface area contributed by atoms with Crippen molar-refractivity contribution in [2.75, 3.05) is 11.1 Å². The lowest BCUT2D eigenvalue weighted by Crippen LogP contribution is -2.12. The second-order valence-corrected chi connectivity index (χ2v) is 4.93. The van der Waals surface area contributed by atoms with Crippen LogP contribution in [-0.4, -0.2) is 10.3 Å². The fourth-order valence-corrected chi connectivity index (χ4v) is 2.07. The molecular weight excluding hydrogens is 258 g/mol. The van der Waals surface area contributed by atoms with Gasteiger partial charge in [-0.1, -0.05) is 11.6 Å². The van der Waals surface area contributed by atoms with Gasteiger partial charge in [0.15, 0.2) is 0 Å². The first-order valence-corrected chi connectivity index (χ1v) is 6.01. The van der Waals surface area contributed by atoms with E-state index in [1.165, 1.54) is 11.5 Å². The van der Waals surface area contributed by atoms with Crippen molar-refractivity contribution in [3.05, 3.63) is 39.9 Å². The van der Waals surface area contributed by atoms with Crippen molar-refractivity contribution in [1.29, 1.82) is 0 Å². The molecule has 4 nitrogen and oxygen atoms in total. The third-order valence-electron chi connectivity index (χ3n) is 2.10. The summed E-state index contributed by atoms with van der Waals surface area (Å²) in [4.78, 5) is 12.8. The van der Waals surface area contributed by atoms with Gasteiger partial charge in [0, 0.05) is 10.6 Å². The van der Waals surface area contributed by atoms with Crippen LogP contribution in [0.3, 0.4) is 0 Å². The molecule has 1 heterocycles. The minimum absolute atomic E-state index is 0.277. The summed E-state index contributed by atoms with van der Waals surface area (Å²) < 4.78 is 4.02. The van der Waals surface area contributed by atoms with Gasteiger partial charge in [0.05, 0.1) is 10.7 Å². The molecular formula is C11H10ClN3OS. The highest BCUT2D eigenvalue weighted by molar-refractivity contribution is 7.05. The molecule has 0 aliphatic rings. The number of halogens is 1. The van der Waals surface area contributed by atoms with E-state index in [0.717, 1.165) is 4.88 Å². The minimum atomic E-state index is -0.277. The number of carbonyl (C=O) groups excluding carboxylic acids is 1. The molecule has 0 bridgehead atoms. The highest BCUT2D eigenvalue weighted by Crippen LogP contribution is 2.24. The number of benzene rings is 1. The van der Waals surface area contributed by atoms with Crippen molar-refractivity contribution in [2.45, 2.75) is 6.92 Å². The van der Waals surface area contributed by atoms with E-state index in [1.54, 1.807) is 24.3 Å². The second-order valence-electron chi connectivity index (χ2n) is 3.52. The predicted molar refractivity (Wildman–Crippen MR) is 70.7 cm³/mol. The molecule has 17 heavy (non-hydrogen) atoms. The molecule has 0 unspecified atom stereocenters. The number of aryl methyl sites for hydroxylation is 1. The molecule has 1 aromatic heterocycles. The Morgan fingerprint density at radius 1 is 1.47 bits per heavy atom. The third kappa shape index (κ3) is 2.75. The molecule has 3 N–H and O–H groups in total. The third-order valence-corrected chi connectivity index (χ3v) is 3.11. The SMILES string of the molecule is Cc1cc(C(=O)Nc2ccc(N)cc2Cl)ns1. The number of nitrogens with one attached hydrogen (secondary N) is 1. The molecule has 0 aliphatic heterocycles. The minimum Gasteiger partial charge on any atom is -0.399 e. The van der Waals surface area contributed by atoms with Gasteiger partial charge in [0.1, 0.15) is 5.69 Å². The van der Waals surface area contributed by atoms with Gasteiger partial charge in [0.2, 0.25) is 0 Å². The Morgan fingerprint density at radius 3 is 2.82 bits per heavy atom. The van der Waals surface area contributed by atoms with Gasteiger partial charge in [-0.25, -0.2) is 0 Å². The first-order chi connectivity index (χ1) is 8.06. The van der Waals surface area contributed by atoms with Crippen LogP contribution in [0.5, 0.6) is 0 Å². The number of hydrogen-bond acceptors (Lipinski definition) is 4. The molecule has 0 saturated carbocycles. The van der Waals surface area contributed by atoms with Crippen molar-refractivity contribution in [1.82, 2.24) is 4.37 Å². The topological polar surface area (TPSA) is 68.0 Å². The maximum absolute atomic E-state index is 11.8. The number of hydrogen-bond donors (Lipinski definition) is 2. The quantitative estimate of drug-likeness (QED) is 0.822. The Kier molecular flexibility index (Phi) is 3.31. The lowest BCUT2D eigenvalue weighted by Gasteiger charge is -2.06. The molecule has 0 spiro atoms. The average Bonchev–Trinajstić information content (AvgIpc) is 2.69. The van der Waals surface area contributed by atoms with Crippen molar-refractivity contribution >= 4 is 40.4 Å². The summed E-state index contributed by atoms with van der Waals surface area (Å²) in [6, 6.07) is 6.65. The Bertz CT molecular complexity index is 568. The van der Waals surface area contributed by atoms with E-state index in [-0.39, 0.29) is 5.91 Å². The fourth-order valence-electron chi connectivity index (χ4n) is 1.29. The summed E-state index contributed by atoms with van der Waals surface area (Å²) in [5.74, 6) is -0.277. The number of anilines is 2. The molecule has 0 saturated heterocycles. The molecule has 88 valence electrons. The normalized spacial score (nSPS) is 10.2. The van der Waals surface area contributed by atoms with E-state index >= 15 is 0 Å². The van der Waals surface area contributed by atoms with Crippen LogP contribution in [0.25, 0.3) is 0 Å². The molecule has 6 heteroatoms. The second kappa shape index (κ2) is 4.73. The molecule has 0 aliphatic carbocycles. The van der Waals surface area contributed by atoms with Gasteiger partial charge in [-0.15, -0.1) is 0 Å². The molecule has 2 aromatic rings. The van der Waals surface area contributed by atoms with Crippen LogP contribution in [0.2, 0.25) is 5.02 Å². The monoisotopic (exact) mass is 267 g/mol. The van der Waals surface area contributed by atoms with E-state index in [9.17, 15) is 4.79 Å². The smallest absolute Gasteiger partial charge is 0.275 e. The zero-order valence-electron chi connectivity index (χ0n) is 9.03. The van der Waals surface area contributed by atoms with E-state index in [1.807, 2.05) is 6.92 Å². The van der Waals surface area contributed by atoms with Crippen molar-refractivity contribution in [2.24, 2.45) is 0 Å². The molecule has 0 atom stereocenters. The van der Waals surface area contributed by atoms with Gasteiger partial charge in [-0.3, -0.25) is 4.79 Å². The van der Waals surface area contributed by atoms with Crippen molar-refractivity contribution in [3.63, 3.8) is 0 Å². The summed E-state index contributed by atoms with van der Waals surface area (Å²) in [6.07, 6.45) is 0. The fraction of sp³-hybridized carbons (Fsp3) is 0.0909. The lowest BCUT2D eigenvalue weighted by atomic mass is 10.2. The van der Waals surface area contributed by atoms with Crippen LogP contribution in [0.4, 0.5) is 11.4 Å². The molecule has 1 amide bonds. The summed E-state index contributed by atoms with van der Waals surface area (Å²) in [6.45, 7) is 1.89. The van der Waals surface area contributed by atoms with Crippen LogP contribution >= 0.6 is 23.1 Å². The highest BCUT2D eigenvalue weighted by Gasteiger charge is 2.11. The summed E-state index contributed by atoms with van der Waals surface area (Å²) in [5, 5.41) is 3.09. The first-order valence-electron chi connectivity index (χ1n) is 4.86. The van der Waals surface area contributed by atoms with Crippen molar-refractivity contribution < 1.29 is 4.79 Å². The Hall–Kier alpha value is -1.59. The largest absolute Gasteiger partial charge is 0.399 e.